The van der Waals surface area contributed by atoms with Crippen LogP contribution in [0.4, 0.5) is 13.2 Å². The normalized spacial score (nSPS) is 11.7. The van der Waals surface area contributed by atoms with Crippen LogP contribution in [0.25, 0.3) is 11.0 Å². The number of hydrogen-bond donors (Lipinski definition) is 0. The Morgan fingerprint density at radius 2 is 1.88 bits per heavy atom. The number of halogens is 3. The highest BCUT2D eigenvalue weighted by atomic mass is 19.4. The molecule has 124 valence electrons. The Morgan fingerprint density at radius 1 is 1.17 bits per heavy atom. The molecule has 24 heavy (non-hydrogen) atoms. The van der Waals surface area contributed by atoms with Crippen LogP contribution in [0, 0.1) is 0 Å². The molecule has 4 nitrogen and oxygen atoms in total. The fourth-order valence-corrected chi connectivity index (χ4v) is 2.52. The minimum atomic E-state index is -4.36. The van der Waals surface area contributed by atoms with Crippen LogP contribution in [0.2, 0.25) is 0 Å². The highest BCUT2D eigenvalue weighted by molar-refractivity contribution is 6.02. The molecule has 0 aliphatic rings. The molecule has 0 fully saturated rings. The molecule has 0 bridgehead atoms. The molecular formula is C17H13F3N2O2. The fourth-order valence-electron chi connectivity index (χ4n) is 2.52. The highest BCUT2D eigenvalue weighted by Gasteiger charge is 2.29. The maximum atomic E-state index is 12.6. The number of benzene rings is 2. The lowest BCUT2D eigenvalue weighted by Crippen LogP contribution is -2.07. The second-order valence-corrected chi connectivity index (χ2v) is 5.23. The van der Waals surface area contributed by atoms with E-state index in [0.717, 1.165) is 12.1 Å². The lowest BCUT2D eigenvalue weighted by molar-refractivity contribution is -0.137. The van der Waals surface area contributed by atoms with Gasteiger partial charge in [0.25, 0.3) is 0 Å². The quantitative estimate of drug-likeness (QED) is 0.683. The molecule has 0 atom stereocenters. The standard InChI is InChI=1S/C17H13F3N2O2/c1-24-16(23)13-3-2-4-14-15(13)22(10-21-14)9-11-5-7-12(8-6-11)17(18,19)20/h2-8,10H,9H2,1H3. The number of para-hydroxylation sites is 1. The molecule has 0 radical (unpaired) electrons. The van der Waals surface area contributed by atoms with Gasteiger partial charge in [-0.2, -0.15) is 13.2 Å². The fraction of sp³-hybridized carbons (Fsp3) is 0.176. The number of rotatable bonds is 3. The molecule has 1 aromatic heterocycles. The van der Waals surface area contributed by atoms with Crippen molar-refractivity contribution in [2.75, 3.05) is 7.11 Å². The van der Waals surface area contributed by atoms with E-state index in [2.05, 4.69) is 4.98 Å². The van der Waals surface area contributed by atoms with Crippen LogP contribution in [0.5, 0.6) is 0 Å². The summed E-state index contributed by atoms with van der Waals surface area (Å²) in [4.78, 5) is 16.1. The molecule has 0 aliphatic carbocycles. The Kier molecular flexibility index (Phi) is 4.01. The second kappa shape index (κ2) is 5.99. The number of aromatic nitrogens is 2. The molecule has 0 spiro atoms. The number of ether oxygens (including phenoxy) is 1. The summed E-state index contributed by atoms with van der Waals surface area (Å²) in [5.41, 5.74) is 1.53. The predicted octanol–water partition coefficient (Wildman–Crippen LogP) is 3.89. The average molecular weight is 334 g/mol. The number of carbonyl (C=O) groups excluding carboxylic acids is 1. The monoisotopic (exact) mass is 334 g/mol. The molecule has 2 aromatic carbocycles. The number of fused-ring (bicyclic) bond motifs is 1. The Hall–Kier alpha value is -2.83. The van der Waals surface area contributed by atoms with E-state index in [1.807, 2.05) is 0 Å². The number of imidazole rings is 1. The van der Waals surface area contributed by atoms with Crippen molar-refractivity contribution in [1.82, 2.24) is 9.55 Å². The van der Waals surface area contributed by atoms with Crippen molar-refractivity contribution in [1.29, 1.82) is 0 Å². The number of hydrogen-bond acceptors (Lipinski definition) is 3. The first-order chi connectivity index (χ1) is 11.4. The van der Waals surface area contributed by atoms with Gasteiger partial charge in [-0.1, -0.05) is 18.2 Å². The van der Waals surface area contributed by atoms with Crippen LogP contribution in [-0.2, 0) is 17.5 Å². The van der Waals surface area contributed by atoms with Crippen LogP contribution in [-0.4, -0.2) is 22.6 Å². The smallest absolute Gasteiger partial charge is 0.416 e. The predicted molar refractivity (Wildman–Crippen MR) is 81.6 cm³/mol. The van der Waals surface area contributed by atoms with E-state index in [1.165, 1.54) is 19.2 Å². The molecule has 0 unspecified atom stereocenters. The molecule has 0 N–H and O–H groups in total. The summed E-state index contributed by atoms with van der Waals surface area (Å²) >= 11 is 0. The first-order valence-electron chi connectivity index (χ1n) is 7.08. The summed E-state index contributed by atoms with van der Waals surface area (Å²) in [6.45, 7) is 0.294. The largest absolute Gasteiger partial charge is 0.465 e. The lowest BCUT2D eigenvalue weighted by Gasteiger charge is -2.10. The van der Waals surface area contributed by atoms with E-state index >= 15 is 0 Å². The zero-order valence-electron chi connectivity index (χ0n) is 12.7. The van der Waals surface area contributed by atoms with Gasteiger partial charge in [0.1, 0.15) is 0 Å². The first-order valence-corrected chi connectivity index (χ1v) is 7.08. The van der Waals surface area contributed by atoms with Crippen LogP contribution < -0.4 is 0 Å². The van der Waals surface area contributed by atoms with Gasteiger partial charge in [-0.15, -0.1) is 0 Å². The van der Waals surface area contributed by atoms with Gasteiger partial charge >= 0.3 is 12.1 Å². The van der Waals surface area contributed by atoms with E-state index in [9.17, 15) is 18.0 Å². The minimum Gasteiger partial charge on any atom is -0.465 e. The minimum absolute atomic E-state index is 0.294. The molecule has 0 amide bonds. The SMILES string of the molecule is COC(=O)c1cccc2ncn(Cc3ccc(C(F)(F)F)cc3)c12. The van der Waals surface area contributed by atoms with Gasteiger partial charge in [0, 0.05) is 6.54 Å². The summed E-state index contributed by atoms with van der Waals surface area (Å²) in [5.74, 6) is -0.491. The number of esters is 1. The van der Waals surface area contributed by atoms with E-state index in [0.29, 0.717) is 28.7 Å². The van der Waals surface area contributed by atoms with Crippen molar-refractivity contribution in [2.24, 2.45) is 0 Å². The van der Waals surface area contributed by atoms with E-state index in [1.54, 1.807) is 29.1 Å². The molecule has 0 aliphatic heterocycles. The molecule has 3 rings (SSSR count). The van der Waals surface area contributed by atoms with Crippen molar-refractivity contribution in [3.63, 3.8) is 0 Å². The van der Waals surface area contributed by atoms with Gasteiger partial charge in [0.2, 0.25) is 0 Å². The van der Waals surface area contributed by atoms with Crippen LogP contribution in [0.3, 0.4) is 0 Å². The van der Waals surface area contributed by atoms with Crippen LogP contribution in [0.15, 0.2) is 48.8 Å². The molecule has 0 saturated carbocycles. The Bertz CT molecular complexity index is 883. The van der Waals surface area contributed by atoms with Crippen molar-refractivity contribution < 1.29 is 22.7 Å². The third kappa shape index (κ3) is 2.97. The Labute approximate surface area is 135 Å². The van der Waals surface area contributed by atoms with E-state index in [-0.39, 0.29) is 0 Å². The third-order valence-corrected chi connectivity index (χ3v) is 3.68. The summed E-state index contributed by atoms with van der Waals surface area (Å²) in [6, 6.07) is 9.98. The number of methoxy groups -OCH3 is 1. The van der Waals surface area contributed by atoms with Gasteiger partial charge < -0.3 is 9.30 Å². The third-order valence-electron chi connectivity index (χ3n) is 3.68. The zero-order valence-corrected chi connectivity index (χ0v) is 12.7. The zero-order chi connectivity index (χ0) is 17.3. The topological polar surface area (TPSA) is 44.1 Å². The van der Waals surface area contributed by atoms with Crippen molar-refractivity contribution in [3.8, 4) is 0 Å². The Morgan fingerprint density at radius 3 is 2.50 bits per heavy atom. The van der Waals surface area contributed by atoms with Crippen molar-refractivity contribution in [2.45, 2.75) is 12.7 Å². The summed E-state index contributed by atoms with van der Waals surface area (Å²) in [6.07, 6.45) is -2.81. The molecular weight excluding hydrogens is 321 g/mol. The highest BCUT2D eigenvalue weighted by Crippen LogP contribution is 2.29. The summed E-state index contributed by atoms with van der Waals surface area (Å²) in [5, 5.41) is 0. The lowest BCUT2D eigenvalue weighted by atomic mass is 10.1. The van der Waals surface area contributed by atoms with Crippen LogP contribution >= 0.6 is 0 Å². The van der Waals surface area contributed by atoms with Crippen molar-refractivity contribution in [3.05, 3.63) is 65.5 Å². The number of carbonyl (C=O) groups is 1. The van der Waals surface area contributed by atoms with E-state index in [4.69, 9.17) is 4.74 Å². The van der Waals surface area contributed by atoms with Gasteiger partial charge in [0.05, 0.1) is 35.6 Å². The average Bonchev–Trinajstić information content (AvgIpc) is 2.97. The molecule has 3 aromatic rings. The maximum absolute atomic E-state index is 12.6. The number of alkyl halides is 3. The summed E-state index contributed by atoms with van der Waals surface area (Å²) < 4.78 is 44.3. The van der Waals surface area contributed by atoms with Crippen molar-refractivity contribution >= 4 is 17.0 Å². The Balaban J connectivity index is 1.97. The van der Waals surface area contributed by atoms with Gasteiger partial charge in [-0.05, 0) is 29.8 Å². The van der Waals surface area contributed by atoms with Gasteiger partial charge in [0.15, 0.2) is 0 Å². The molecule has 7 heteroatoms. The van der Waals surface area contributed by atoms with Gasteiger partial charge in [-0.25, -0.2) is 9.78 Å². The molecule has 0 saturated heterocycles. The molecule has 1 heterocycles. The van der Waals surface area contributed by atoms with Gasteiger partial charge in [-0.3, -0.25) is 0 Å². The van der Waals surface area contributed by atoms with Crippen LogP contribution in [0.1, 0.15) is 21.5 Å². The second-order valence-electron chi connectivity index (χ2n) is 5.23. The van der Waals surface area contributed by atoms with E-state index < -0.39 is 17.7 Å². The first kappa shape index (κ1) is 16.0. The summed E-state index contributed by atoms with van der Waals surface area (Å²) in [7, 11) is 1.29. The number of nitrogens with zero attached hydrogens (tertiary/aromatic N) is 2. The maximum Gasteiger partial charge on any atom is 0.416 e.